The molecule has 31 heavy (non-hydrogen) atoms. The van der Waals surface area contributed by atoms with Crippen LogP contribution >= 0.6 is 0 Å². The van der Waals surface area contributed by atoms with Crippen molar-refractivity contribution in [3.05, 3.63) is 63.2 Å². The lowest BCUT2D eigenvalue weighted by molar-refractivity contribution is 0.0847. The molecule has 3 aromatic rings. The summed E-state index contributed by atoms with van der Waals surface area (Å²) in [6.45, 7) is 11.3. The average Bonchev–Trinajstić information content (AvgIpc) is 2.74. The van der Waals surface area contributed by atoms with E-state index in [-0.39, 0.29) is 5.56 Å². The summed E-state index contributed by atoms with van der Waals surface area (Å²) >= 11 is 0. The van der Waals surface area contributed by atoms with Crippen molar-refractivity contribution in [1.82, 2.24) is 9.97 Å². The Bertz CT molecular complexity index is 1130. The number of aromatic nitrogens is 2. The SMILES string of the molecule is CCN(c1cc(C)cc2c(NCc3c(C)cc(C)[nH]c3=O)nccc12)C1CCOCC1. The first kappa shape index (κ1) is 21.4. The molecule has 2 aromatic heterocycles. The number of fused-ring (bicyclic) bond motifs is 1. The molecule has 6 heteroatoms. The first-order valence-corrected chi connectivity index (χ1v) is 11.1. The lowest BCUT2D eigenvalue weighted by Gasteiger charge is -2.36. The molecule has 0 spiro atoms. The highest BCUT2D eigenvalue weighted by Gasteiger charge is 2.23. The summed E-state index contributed by atoms with van der Waals surface area (Å²) in [5.41, 5.74) is 5.02. The number of hydrogen-bond acceptors (Lipinski definition) is 5. The Morgan fingerprint density at radius 2 is 1.94 bits per heavy atom. The monoisotopic (exact) mass is 420 g/mol. The predicted octanol–water partition coefficient (Wildman–Crippen LogP) is 4.47. The van der Waals surface area contributed by atoms with Crippen molar-refractivity contribution in [1.29, 1.82) is 0 Å². The zero-order valence-electron chi connectivity index (χ0n) is 18.9. The fraction of sp³-hybridized carbons (Fsp3) is 0.440. The van der Waals surface area contributed by atoms with Crippen LogP contribution in [0.2, 0.25) is 0 Å². The van der Waals surface area contributed by atoms with Gasteiger partial charge in [-0.2, -0.15) is 0 Å². The highest BCUT2D eigenvalue weighted by Crippen LogP contribution is 2.34. The molecular weight excluding hydrogens is 388 g/mol. The fourth-order valence-corrected chi connectivity index (χ4v) is 4.68. The molecule has 0 aliphatic carbocycles. The molecule has 1 fully saturated rings. The predicted molar refractivity (Wildman–Crippen MR) is 127 cm³/mol. The summed E-state index contributed by atoms with van der Waals surface area (Å²) in [5, 5.41) is 5.70. The van der Waals surface area contributed by atoms with E-state index in [4.69, 9.17) is 4.74 Å². The molecule has 3 heterocycles. The number of nitrogens with one attached hydrogen (secondary N) is 2. The zero-order valence-corrected chi connectivity index (χ0v) is 18.9. The van der Waals surface area contributed by atoms with E-state index in [0.29, 0.717) is 12.6 Å². The minimum atomic E-state index is -0.0428. The quantitative estimate of drug-likeness (QED) is 0.616. The van der Waals surface area contributed by atoms with Crippen LogP contribution in [0.1, 0.15) is 42.1 Å². The number of aromatic amines is 1. The second-order valence-electron chi connectivity index (χ2n) is 8.46. The van der Waals surface area contributed by atoms with Gasteiger partial charge in [-0.3, -0.25) is 4.79 Å². The van der Waals surface area contributed by atoms with Gasteiger partial charge in [-0.1, -0.05) is 0 Å². The lowest BCUT2D eigenvalue weighted by Crippen LogP contribution is -2.39. The number of pyridine rings is 2. The van der Waals surface area contributed by atoms with Crippen LogP contribution in [-0.4, -0.2) is 35.8 Å². The number of H-pyrrole nitrogens is 1. The summed E-state index contributed by atoms with van der Waals surface area (Å²) in [7, 11) is 0. The first-order valence-electron chi connectivity index (χ1n) is 11.1. The highest BCUT2D eigenvalue weighted by atomic mass is 16.5. The van der Waals surface area contributed by atoms with Gasteiger partial charge in [-0.15, -0.1) is 0 Å². The van der Waals surface area contributed by atoms with Gasteiger partial charge in [0.2, 0.25) is 0 Å². The summed E-state index contributed by atoms with van der Waals surface area (Å²) < 4.78 is 5.59. The van der Waals surface area contributed by atoms with Crippen molar-refractivity contribution >= 4 is 22.3 Å². The van der Waals surface area contributed by atoms with E-state index in [2.05, 4.69) is 52.2 Å². The minimum Gasteiger partial charge on any atom is -0.381 e. The van der Waals surface area contributed by atoms with Gasteiger partial charge in [0.1, 0.15) is 5.82 Å². The van der Waals surface area contributed by atoms with Crippen LogP contribution in [0.4, 0.5) is 11.5 Å². The smallest absolute Gasteiger partial charge is 0.253 e. The molecule has 0 radical (unpaired) electrons. The number of hydrogen-bond donors (Lipinski definition) is 2. The Kier molecular flexibility index (Phi) is 6.28. The molecule has 1 aliphatic rings. The van der Waals surface area contributed by atoms with Crippen molar-refractivity contribution in [3.8, 4) is 0 Å². The number of benzene rings is 1. The van der Waals surface area contributed by atoms with Crippen LogP contribution in [0.15, 0.2) is 35.3 Å². The van der Waals surface area contributed by atoms with Gasteiger partial charge in [-0.05, 0) is 75.9 Å². The number of nitrogens with zero attached hydrogens (tertiary/aromatic N) is 2. The second kappa shape index (κ2) is 9.10. The van der Waals surface area contributed by atoms with Crippen LogP contribution < -0.4 is 15.8 Å². The molecule has 0 amide bonds. The van der Waals surface area contributed by atoms with E-state index < -0.39 is 0 Å². The Hall–Kier alpha value is -2.86. The Balaban J connectivity index is 1.71. The van der Waals surface area contributed by atoms with E-state index in [1.807, 2.05) is 26.1 Å². The lowest BCUT2D eigenvalue weighted by atomic mass is 10.0. The third kappa shape index (κ3) is 4.44. The number of anilines is 2. The Morgan fingerprint density at radius 1 is 1.16 bits per heavy atom. The Labute approximate surface area is 183 Å². The zero-order chi connectivity index (χ0) is 22.0. The molecule has 0 atom stereocenters. The largest absolute Gasteiger partial charge is 0.381 e. The third-order valence-electron chi connectivity index (χ3n) is 6.21. The van der Waals surface area contributed by atoms with Crippen molar-refractivity contribution < 1.29 is 4.74 Å². The maximum Gasteiger partial charge on any atom is 0.253 e. The molecule has 4 rings (SSSR count). The second-order valence-corrected chi connectivity index (χ2v) is 8.46. The molecular formula is C25H32N4O2. The van der Waals surface area contributed by atoms with Crippen molar-refractivity contribution in [2.24, 2.45) is 0 Å². The molecule has 0 bridgehead atoms. The van der Waals surface area contributed by atoms with Crippen LogP contribution in [0.5, 0.6) is 0 Å². The topological polar surface area (TPSA) is 70.2 Å². The summed E-state index contributed by atoms with van der Waals surface area (Å²) in [6, 6.07) is 9.05. The van der Waals surface area contributed by atoms with Crippen LogP contribution in [-0.2, 0) is 11.3 Å². The van der Waals surface area contributed by atoms with Crippen LogP contribution in [0.3, 0.4) is 0 Å². The first-order chi connectivity index (χ1) is 15.0. The van der Waals surface area contributed by atoms with Gasteiger partial charge in [0.25, 0.3) is 5.56 Å². The van der Waals surface area contributed by atoms with Crippen molar-refractivity contribution in [2.45, 2.75) is 53.1 Å². The van der Waals surface area contributed by atoms with Gasteiger partial charge >= 0.3 is 0 Å². The minimum absolute atomic E-state index is 0.0428. The van der Waals surface area contributed by atoms with E-state index >= 15 is 0 Å². The van der Waals surface area contributed by atoms with E-state index in [0.717, 1.165) is 60.6 Å². The maximum absolute atomic E-state index is 12.4. The maximum atomic E-state index is 12.4. The highest BCUT2D eigenvalue weighted by molar-refractivity contribution is 6.01. The standard InChI is InChI=1S/C25H32N4O2/c1-5-29(19-7-10-31-11-8-19)23-13-16(2)12-21-20(23)6-9-26-24(21)27-15-22-17(3)14-18(4)28-25(22)30/h6,9,12-14,19H,5,7-8,10-11,15H2,1-4H3,(H,26,27)(H,28,30). The van der Waals surface area contributed by atoms with E-state index in [1.165, 1.54) is 16.6 Å². The van der Waals surface area contributed by atoms with Crippen molar-refractivity contribution in [3.63, 3.8) is 0 Å². The third-order valence-corrected chi connectivity index (χ3v) is 6.21. The molecule has 164 valence electrons. The Morgan fingerprint density at radius 3 is 2.65 bits per heavy atom. The number of aryl methyl sites for hydroxylation is 3. The molecule has 0 saturated carbocycles. The van der Waals surface area contributed by atoms with Gasteiger partial charge in [-0.25, -0.2) is 4.98 Å². The van der Waals surface area contributed by atoms with Crippen LogP contribution in [0, 0.1) is 20.8 Å². The van der Waals surface area contributed by atoms with Gasteiger partial charge in [0, 0.05) is 66.3 Å². The van der Waals surface area contributed by atoms with Crippen LogP contribution in [0.25, 0.3) is 10.8 Å². The molecule has 1 saturated heterocycles. The summed E-state index contributed by atoms with van der Waals surface area (Å²) in [4.78, 5) is 22.4. The molecule has 0 unspecified atom stereocenters. The fourth-order valence-electron chi connectivity index (χ4n) is 4.68. The number of ether oxygens (including phenoxy) is 1. The van der Waals surface area contributed by atoms with E-state index in [9.17, 15) is 4.79 Å². The molecule has 2 N–H and O–H groups in total. The average molecular weight is 421 g/mol. The van der Waals surface area contributed by atoms with Gasteiger partial charge in [0.15, 0.2) is 0 Å². The number of rotatable bonds is 6. The summed E-state index contributed by atoms with van der Waals surface area (Å²) in [5.74, 6) is 0.810. The van der Waals surface area contributed by atoms with Crippen molar-refractivity contribution in [2.75, 3.05) is 30.0 Å². The van der Waals surface area contributed by atoms with Gasteiger partial charge in [0.05, 0.1) is 0 Å². The van der Waals surface area contributed by atoms with E-state index in [1.54, 1.807) is 0 Å². The summed E-state index contributed by atoms with van der Waals surface area (Å²) in [6.07, 6.45) is 3.96. The molecule has 6 nitrogen and oxygen atoms in total. The molecule has 1 aliphatic heterocycles. The molecule has 1 aromatic carbocycles. The van der Waals surface area contributed by atoms with Gasteiger partial charge < -0.3 is 19.9 Å². The normalized spacial score (nSPS) is 14.7.